The second kappa shape index (κ2) is 15.7. The van der Waals surface area contributed by atoms with Gasteiger partial charge >= 0.3 is 0 Å². The smallest absolute Gasteiger partial charge is 0.119 e. The molecular weight excluding hydrogens is 380 g/mol. The topological polar surface area (TPSA) is 83.0 Å². The fraction of sp³-hybridized carbons (Fsp3) is 0.500. The molecule has 0 fully saturated rings. The van der Waals surface area contributed by atoms with Gasteiger partial charge in [-0.15, -0.1) is 0 Å². The van der Waals surface area contributed by atoms with Gasteiger partial charge in [-0.25, -0.2) is 0 Å². The van der Waals surface area contributed by atoms with Gasteiger partial charge in [0.25, 0.3) is 0 Å². The first-order valence-corrected chi connectivity index (χ1v) is 10.9. The average Bonchev–Trinajstić information content (AvgIpc) is 2.79. The number of aliphatic hydroxyl groups is 2. The number of aliphatic hydroxyl groups excluding tert-OH is 2. The van der Waals surface area contributed by atoms with E-state index >= 15 is 0 Å². The van der Waals surface area contributed by atoms with Gasteiger partial charge in [-0.05, 0) is 50.2 Å². The molecule has 0 saturated heterocycles. The summed E-state index contributed by atoms with van der Waals surface area (Å²) in [7, 11) is 0. The van der Waals surface area contributed by atoms with Gasteiger partial charge in [-0.1, -0.05) is 49.2 Å². The van der Waals surface area contributed by atoms with E-state index in [0.717, 1.165) is 50.3 Å². The number of ether oxygens (including phenoxy) is 2. The summed E-state index contributed by atoms with van der Waals surface area (Å²) in [6.07, 6.45) is 3.44. The minimum absolute atomic E-state index is 0.297. The molecule has 2 aromatic carbocycles. The Morgan fingerprint density at radius 1 is 0.600 bits per heavy atom. The summed E-state index contributed by atoms with van der Waals surface area (Å²) in [5.74, 6) is 1.56. The van der Waals surface area contributed by atoms with E-state index in [4.69, 9.17) is 9.47 Å². The fourth-order valence-corrected chi connectivity index (χ4v) is 2.93. The van der Waals surface area contributed by atoms with E-state index in [9.17, 15) is 10.2 Å². The van der Waals surface area contributed by atoms with Crippen molar-refractivity contribution in [2.24, 2.45) is 0 Å². The van der Waals surface area contributed by atoms with Crippen LogP contribution in [0.3, 0.4) is 0 Å². The van der Waals surface area contributed by atoms with Crippen molar-refractivity contribution in [1.82, 2.24) is 10.6 Å². The van der Waals surface area contributed by atoms with Gasteiger partial charge in [0.1, 0.15) is 36.9 Å². The van der Waals surface area contributed by atoms with Crippen molar-refractivity contribution < 1.29 is 19.7 Å². The summed E-state index contributed by atoms with van der Waals surface area (Å²) >= 11 is 0. The summed E-state index contributed by atoms with van der Waals surface area (Å²) in [5.41, 5.74) is 0. The Labute approximate surface area is 180 Å². The maximum atomic E-state index is 9.93. The van der Waals surface area contributed by atoms with Crippen molar-refractivity contribution in [3.8, 4) is 11.5 Å². The summed E-state index contributed by atoms with van der Waals surface area (Å²) in [6.45, 7) is 3.46. The SMILES string of the molecule is O[C@H](CNCCCCCCNC[C@H](O)COc1ccccc1)COc1ccccc1. The van der Waals surface area contributed by atoms with Crippen molar-refractivity contribution in [3.63, 3.8) is 0 Å². The van der Waals surface area contributed by atoms with Crippen LogP contribution in [0.15, 0.2) is 60.7 Å². The van der Waals surface area contributed by atoms with E-state index in [2.05, 4.69) is 10.6 Å². The van der Waals surface area contributed by atoms with Crippen LogP contribution in [0.4, 0.5) is 0 Å². The standard InChI is InChI=1S/C24H36N2O4/c27-21(19-29-23-11-5-3-6-12-23)17-25-15-9-1-2-10-16-26-18-22(28)20-30-24-13-7-4-8-14-24/h3-8,11-14,21-22,25-28H,1-2,9-10,15-20H2/t21-,22+. The first-order chi connectivity index (χ1) is 14.7. The number of para-hydroxylation sites is 2. The van der Waals surface area contributed by atoms with Crippen molar-refractivity contribution in [1.29, 1.82) is 0 Å². The van der Waals surface area contributed by atoms with Crippen LogP contribution in [-0.2, 0) is 0 Å². The molecule has 2 aromatic rings. The number of unbranched alkanes of at least 4 members (excludes halogenated alkanes) is 3. The highest BCUT2D eigenvalue weighted by Gasteiger charge is 2.05. The van der Waals surface area contributed by atoms with Gasteiger partial charge in [0, 0.05) is 13.1 Å². The molecule has 0 aromatic heterocycles. The normalized spacial score (nSPS) is 13.0. The first-order valence-electron chi connectivity index (χ1n) is 10.9. The predicted octanol–water partition coefficient (Wildman–Crippen LogP) is 2.61. The van der Waals surface area contributed by atoms with Gasteiger partial charge in [0.2, 0.25) is 0 Å². The third kappa shape index (κ3) is 11.8. The highest BCUT2D eigenvalue weighted by molar-refractivity contribution is 5.21. The minimum Gasteiger partial charge on any atom is -0.491 e. The third-order valence-electron chi connectivity index (χ3n) is 4.59. The zero-order valence-corrected chi connectivity index (χ0v) is 17.7. The van der Waals surface area contributed by atoms with Crippen LogP contribution >= 0.6 is 0 Å². The van der Waals surface area contributed by atoms with Crippen LogP contribution in [0, 0.1) is 0 Å². The van der Waals surface area contributed by atoms with Crippen molar-refractivity contribution in [3.05, 3.63) is 60.7 Å². The highest BCUT2D eigenvalue weighted by atomic mass is 16.5. The van der Waals surface area contributed by atoms with E-state index < -0.39 is 12.2 Å². The van der Waals surface area contributed by atoms with E-state index in [-0.39, 0.29) is 0 Å². The first kappa shape index (κ1) is 24.2. The molecule has 2 atom stereocenters. The van der Waals surface area contributed by atoms with Gasteiger partial charge in [-0.3, -0.25) is 0 Å². The van der Waals surface area contributed by atoms with Crippen molar-refractivity contribution in [2.45, 2.75) is 37.9 Å². The van der Waals surface area contributed by atoms with Crippen molar-refractivity contribution in [2.75, 3.05) is 39.4 Å². The number of rotatable bonds is 17. The molecule has 0 amide bonds. The lowest BCUT2D eigenvalue weighted by Crippen LogP contribution is -2.32. The van der Waals surface area contributed by atoms with E-state index in [1.165, 1.54) is 0 Å². The van der Waals surface area contributed by atoms with Gasteiger partial charge in [0.05, 0.1) is 0 Å². The summed E-state index contributed by atoms with van der Waals surface area (Å²) in [6, 6.07) is 19.1. The van der Waals surface area contributed by atoms with E-state index in [1.54, 1.807) is 0 Å². The number of benzene rings is 2. The Balaban J connectivity index is 1.33. The molecule has 0 radical (unpaired) electrons. The summed E-state index contributed by atoms with van der Waals surface area (Å²) < 4.78 is 11.1. The summed E-state index contributed by atoms with van der Waals surface area (Å²) in [5, 5.41) is 26.4. The van der Waals surface area contributed by atoms with Crippen LogP contribution in [-0.4, -0.2) is 61.8 Å². The van der Waals surface area contributed by atoms with Crippen LogP contribution in [0.5, 0.6) is 11.5 Å². The lowest BCUT2D eigenvalue weighted by molar-refractivity contribution is 0.106. The summed E-state index contributed by atoms with van der Waals surface area (Å²) in [4.78, 5) is 0. The maximum absolute atomic E-state index is 9.93. The Bertz CT molecular complexity index is 585. The van der Waals surface area contributed by atoms with Gasteiger partial charge < -0.3 is 30.3 Å². The zero-order valence-electron chi connectivity index (χ0n) is 17.7. The molecule has 0 heterocycles. The molecule has 6 nitrogen and oxygen atoms in total. The molecule has 0 bridgehead atoms. The molecule has 30 heavy (non-hydrogen) atoms. The van der Waals surface area contributed by atoms with E-state index in [0.29, 0.717) is 26.3 Å². The lowest BCUT2D eigenvalue weighted by Gasteiger charge is -2.14. The fourth-order valence-electron chi connectivity index (χ4n) is 2.93. The predicted molar refractivity (Wildman–Crippen MR) is 120 cm³/mol. The quantitative estimate of drug-likeness (QED) is 0.297. The highest BCUT2D eigenvalue weighted by Crippen LogP contribution is 2.09. The van der Waals surface area contributed by atoms with Gasteiger partial charge in [0.15, 0.2) is 0 Å². The van der Waals surface area contributed by atoms with Gasteiger partial charge in [-0.2, -0.15) is 0 Å². The molecule has 166 valence electrons. The Morgan fingerprint density at radius 3 is 1.40 bits per heavy atom. The monoisotopic (exact) mass is 416 g/mol. The molecule has 0 spiro atoms. The number of nitrogens with one attached hydrogen (secondary N) is 2. The number of hydrogen-bond donors (Lipinski definition) is 4. The van der Waals surface area contributed by atoms with E-state index in [1.807, 2.05) is 60.7 Å². The molecule has 0 aliphatic heterocycles. The molecule has 2 rings (SSSR count). The Kier molecular flexibility index (Phi) is 12.6. The molecule has 0 aliphatic rings. The minimum atomic E-state index is -0.508. The van der Waals surface area contributed by atoms with Crippen LogP contribution in [0.1, 0.15) is 25.7 Å². The molecule has 0 aliphatic carbocycles. The molecule has 0 saturated carbocycles. The van der Waals surface area contributed by atoms with Crippen LogP contribution in [0.2, 0.25) is 0 Å². The lowest BCUT2D eigenvalue weighted by atomic mass is 10.2. The molecular formula is C24H36N2O4. The van der Waals surface area contributed by atoms with Crippen LogP contribution in [0.25, 0.3) is 0 Å². The largest absolute Gasteiger partial charge is 0.491 e. The molecule has 0 unspecified atom stereocenters. The Morgan fingerprint density at radius 2 is 1.00 bits per heavy atom. The Hall–Kier alpha value is -2.12. The maximum Gasteiger partial charge on any atom is 0.119 e. The van der Waals surface area contributed by atoms with Crippen molar-refractivity contribution >= 4 is 0 Å². The number of hydrogen-bond acceptors (Lipinski definition) is 6. The third-order valence-corrected chi connectivity index (χ3v) is 4.59. The zero-order chi connectivity index (χ0) is 21.3. The second-order valence-corrected chi connectivity index (χ2v) is 7.38. The molecule has 4 N–H and O–H groups in total. The van der Waals surface area contributed by atoms with Crippen LogP contribution < -0.4 is 20.1 Å². The average molecular weight is 417 g/mol. The second-order valence-electron chi connectivity index (χ2n) is 7.38. The molecule has 6 heteroatoms.